The van der Waals surface area contributed by atoms with Crippen LogP contribution in [0.2, 0.25) is 0 Å². The fourth-order valence-electron chi connectivity index (χ4n) is 2.93. The van der Waals surface area contributed by atoms with Crippen LogP contribution in [0.1, 0.15) is 64.7 Å². The van der Waals surface area contributed by atoms with Crippen LogP contribution >= 0.6 is 12.2 Å². The third kappa shape index (κ3) is 4.23. The first-order chi connectivity index (χ1) is 8.75. The van der Waals surface area contributed by atoms with E-state index in [-0.39, 0.29) is 0 Å². The molecule has 4 heteroatoms. The summed E-state index contributed by atoms with van der Waals surface area (Å²) in [5.74, 6) is 0.723. The summed E-state index contributed by atoms with van der Waals surface area (Å²) in [6.45, 7) is 2.31. The first kappa shape index (κ1) is 13.8. The van der Waals surface area contributed by atoms with E-state index in [2.05, 4.69) is 22.8 Å². The van der Waals surface area contributed by atoms with Crippen LogP contribution in [-0.4, -0.2) is 16.9 Å². The van der Waals surface area contributed by atoms with E-state index >= 15 is 0 Å². The van der Waals surface area contributed by atoms with Gasteiger partial charge in [0, 0.05) is 11.8 Å². The third-order valence-corrected chi connectivity index (χ3v) is 4.38. The topological polar surface area (TPSA) is 36.4 Å². The Balaban J connectivity index is 1.74. The van der Waals surface area contributed by atoms with Gasteiger partial charge < -0.3 is 5.32 Å². The fraction of sp³-hybridized carbons (Fsp3) is 0.857. The summed E-state index contributed by atoms with van der Waals surface area (Å²) in [6, 6.07) is 0.533. The van der Waals surface area contributed by atoms with Crippen molar-refractivity contribution in [1.29, 1.82) is 0 Å². The Hall–Kier alpha value is -0.640. The summed E-state index contributed by atoms with van der Waals surface area (Å²) in [6.07, 6.45) is 11.4. The maximum absolute atomic E-state index is 5.33. The highest BCUT2D eigenvalue weighted by molar-refractivity contribution is 7.80. The van der Waals surface area contributed by atoms with Crippen molar-refractivity contribution in [2.45, 2.75) is 70.8 Å². The summed E-state index contributed by atoms with van der Waals surface area (Å²) in [5.41, 5.74) is 4.31. The minimum Gasteiger partial charge on any atom is -0.358 e. The molecule has 0 saturated heterocycles. The fourth-order valence-corrected chi connectivity index (χ4v) is 3.13. The van der Waals surface area contributed by atoms with Gasteiger partial charge in [-0.25, -0.2) is 0 Å². The molecule has 0 heterocycles. The smallest absolute Gasteiger partial charge is 0.187 e. The number of thiocarbonyl (C=S) groups is 1. The Morgan fingerprint density at radius 3 is 2.56 bits per heavy atom. The molecule has 2 atom stereocenters. The van der Waals surface area contributed by atoms with Gasteiger partial charge in [0.15, 0.2) is 5.11 Å². The molecule has 0 bridgehead atoms. The van der Waals surface area contributed by atoms with Gasteiger partial charge in [0.05, 0.1) is 0 Å². The van der Waals surface area contributed by atoms with Crippen molar-refractivity contribution in [3.63, 3.8) is 0 Å². The lowest BCUT2D eigenvalue weighted by atomic mass is 9.86. The number of nitrogens with one attached hydrogen (secondary N) is 2. The van der Waals surface area contributed by atoms with E-state index in [1.807, 2.05) is 0 Å². The molecule has 0 aromatic carbocycles. The molecule has 3 nitrogen and oxygen atoms in total. The molecular formula is C14H25N3S. The molecule has 0 amide bonds. The van der Waals surface area contributed by atoms with Crippen molar-refractivity contribution in [1.82, 2.24) is 10.7 Å². The van der Waals surface area contributed by atoms with Crippen molar-refractivity contribution < 1.29 is 0 Å². The van der Waals surface area contributed by atoms with Gasteiger partial charge in [-0.05, 0) is 56.7 Å². The van der Waals surface area contributed by atoms with Crippen LogP contribution in [-0.2, 0) is 0 Å². The third-order valence-electron chi connectivity index (χ3n) is 4.17. The molecule has 0 aromatic rings. The monoisotopic (exact) mass is 267 g/mol. The van der Waals surface area contributed by atoms with Crippen LogP contribution in [0.25, 0.3) is 0 Å². The van der Waals surface area contributed by atoms with Crippen molar-refractivity contribution in [2.24, 2.45) is 11.0 Å². The maximum Gasteiger partial charge on any atom is 0.187 e. The van der Waals surface area contributed by atoms with Crippen LogP contribution in [0, 0.1) is 5.92 Å². The highest BCUT2D eigenvalue weighted by atomic mass is 32.1. The Morgan fingerprint density at radius 2 is 1.83 bits per heavy atom. The lowest BCUT2D eigenvalue weighted by Crippen LogP contribution is -2.44. The summed E-state index contributed by atoms with van der Waals surface area (Å²) in [7, 11) is 0. The molecule has 2 aliphatic carbocycles. The summed E-state index contributed by atoms with van der Waals surface area (Å²) < 4.78 is 0. The standard InChI is InChI=1S/C14H25N3S/c1-11-7-5-6-10-13(11)15-14(18)17-16-12-8-3-2-4-9-12/h11,13H,2-10H2,1H3,(H2,15,17,18)/t11-,13+/m0/s1. The molecule has 2 fully saturated rings. The van der Waals surface area contributed by atoms with Crippen molar-refractivity contribution >= 4 is 23.0 Å². The van der Waals surface area contributed by atoms with E-state index in [0.29, 0.717) is 11.2 Å². The number of hydrogen-bond donors (Lipinski definition) is 2. The van der Waals surface area contributed by atoms with Crippen LogP contribution in [0.4, 0.5) is 0 Å². The van der Waals surface area contributed by atoms with E-state index in [9.17, 15) is 0 Å². The molecule has 0 spiro atoms. The van der Waals surface area contributed by atoms with Crippen molar-refractivity contribution in [2.75, 3.05) is 0 Å². The van der Waals surface area contributed by atoms with Gasteiger partial charge in [-0.15, -0.1) is 0 Å². The summed E-state index contributed by atoms with van der Waals surface area (Å²) >= 11 is 5.33. The van der Waals surface area contributed by atoms with E-state index < -0.39 is 0 Å². The van der Waals surface area contributed by atoms with Gasteiger partial charge in [-0.2, -0.15) is 5.10 Å². The summed E-state index contributed by atoms with van der Waals surface area (Å²) in [4.78, 5) is 0. The zero-order chi connectivity index (χ0) is 12.8. The van der Waals surface area contributed by atoms with Gasteiger partial charge in [-0.1, -0.05) is 26.2 Å². The molecule has 102 valence electrons. The molecule has 2 N–H and O–H groups in total. The number of hydrazone groups is 1. The first-order valence-electron chi connectivity index (χ1n) is 7.37. The Bertz CT molecular complexity index is 306. The molecule has 0 aromatic heterocycles. The van der Waals surface area contributed by atoms with Crippen LogP contribution in [0.5, 0.6) is 0 Å². The predicted octanol–water partition coefficient (Wildman–Crippen LogP) is 3.35. The minimum atomic E-state index is 0.533. The zero-order valence-electron chi connectivity index (χ0n) is 11.4. The molecule has 0 aliphatic heterocycles. The Kier molecular flexibility index (Phi) is 5.42. The second kappa shape index (κ2) is 7.07. The van der Waals surface area contributed by atoms with Crippen molar-refractivity contribution in [3.8, 4) is 0 Å². The Labute approximate surface area is 116 Å². The van der Waals surface area contributed by atoms with Gasteiger partial charge in [0.25, 0.3) is 0 Å². The van der Waals surface area contributed by atoms with Crippen LogP contribution in [0.3, 0.4) is 0 Å². The average molecular weight is 267 g/mol. The van der Waals surface area contributed by atoms with Gasteiger partial charge in [0.2, 0.25) is 0 Å². The highest BCUT2D eigenvalue weighted by Gasteiger charge is 2.21. The van der Waals surface area contributed by atoms with Gasteiger partial charge >= 0.3 is 0 Å². The van der Waals surface area contributed by atoms with Crippen molar-refractivity contribution in [3.05, 3.63) is 0 Å². The summed E-state index contributed by atoms with van der Waals surface area (Å²) in [5, 5.41) is 8.56. The van der Waals surface area contributed by atoms with Gasteiger partial charge in [-0.3, -0.25) is 5.43 Å². The van der Waals surface area contributed by atoms with E-state index in [4.69, 9.17) is 12.2 Å². The molecule has 2 saturated carbocycles. The van der Waals surface area contributed by atoms with Crippen LogP contribution in [0.15, 0.2) is 5.10 Å². The lowest BCUT2D eigenvalue weighted by molar-refractivity contribution is 0.308. The molecular weight excluding hydrogens is 242 g/mol. The number of hydrogen-bond acceptors (Lipinski definition) is 2. The van der Waals surface area contributed by atoms with E-state index in [1.54, 1.807) is 0 Å². The number of rotatable bonds is 2. The first-order valence-corrected chi connectivity index (χ1v) is 7.78. The van der Waals surface area contributed by atoms with Crippen LogP contribution < -0.4 is 10.7 Å². The zero-order valence-corrected chi connectivity index (χ0v) is 12.2. The Morgan fingerprint density at radius 1 is 1.11 bits per heavy atom. The quantitative estimate of drug-likeness (QED) is 0.595. The molecule has 2 rings (SSSR count). The SMILES string of the molecule is C[C@H]1CCCC[C@H]1NC(=S)NN=C1CCCCC1. The molecule has 0 unspecified atom stereocenters. The second-order valence-electron chi connectivity index (χ2n) is 5.69. The number of nitrogens with zero attached hydrogens (tertiary/aromatic N) is 1. The average Bonchev–Trinajstić information content (AvgIpc) is 2.40. The second-order valence-corrected chi connectivity index (χ2v) is 6.10. The molecule has 2 aliphatic rings. The predicted molar refractivity (Wildman–Crippen MR) is 80.8 cm³/mol. The normalized spacial score (nSPS) is 28.6. The highest BCUT2D eigenvalue weighted by Crippen LogP contribution is 2.23. The lowest BCUT2D eigenvalue weighted by Gasteiger charge is -2.30. The van der Waals surface area contributed by atoms with E-state index in [1.165, 1.54) is 50.7 Å². The largest absolute Gasteiger partial charge is 0.358 e. The van der Waals surface area contributed by atoms with Gasteiger partial charge in [0.1, 0.15) is 0 Å². The maximum atomic E-state index is 5.33. The minimum absolute atomic E-state index is 0.533. The molecule has 18 heavy (non-hydrogen) atoms. The molecule has 0 radical (unpaired) electrons. The van der Waals surface area contributed by atoms with E-state index in [0.717, 1.165) is 18.8 Å².